The molecular weight excluding hydrogens is 312 g/mol. The third-order valence-electron chi connectivity index (χ3n) is 3.60. The van der Waals surface area contributed by atoms with Gasteiger partial charge in [-0.3, -0.25) is 14.7 Å². The van der Waals surface area contributed by atoms with E-state index in [2.05, 4.69) is 40.7 Å². The minimum atomic E-state index is 0.819. The van der Waals surface area contributed by atoms with Crippen LogP contribution in [0.2, 0.25) is 0 Å². The molecule has 0 atom stereocenters. The lowest BCUT2D eigenvalue weighted by Gasteiger charge is -2.06. The molecule has 0 amide bonds. The lowest BCUT2D eigenvalue weighted by Crippen LogP contribution is -2.17. The summed E-state index contributed by atoms with van der Waals surface area (Å²) in [6, 6.07) is 0. The van der Waals surface area contributed by atoms with Gasteiger partial charge in [0.05, 0.1) is 20.0 Å². The average molecular weight is 363 g/mol. The number of likely N-dealkylation sites (tertiary alicyclic amines) is 1. The molecule has 3 rings (SSSR count). The maximum absolute atomic E-state index is 4.98. The van der Waals surface area contributed by atoms with Crippen molar-refractivity contribution in [2.75, 3.05) is 80.9 Å². The third-order valence-corrected chi connectivity index (χ3v) is 3.60. The van der Waals surface area contributed by atoms with E-state index in [4.69, 9.17) is 4.74 Å². The molecule has 3 aliphatic heterocycles. The quantitative estimate of drug-likeness (QED) is 0.656. The fourth-order valence-corrected chi connectivity index (χ4v) is 2.28. The van der Waals surface area contributed by atoms with Crippen molar-refractivity contribution in [2.24, 2.45) is 0 Å². The van der Waals surface area contributed by atoms with Crippen LogP contribution in [0.15, 0.2) is 0 Å². The lowest BCUT2D eigenvalue weighted by atomic mass is 10.4. The summed E-state index contributed by atoms with van der Waals surface area (Å²) in [4.78, 5) is 9.11. The van der Waals surface area contributed by atoms with Gasteiger partial charge in [-0.05, 0) is 54.1 Å². The summed E-state index contributed by atoms with van der Waals surface area (Å²) >= 11 is 0. The molecule has 0 N–H and O–H groups in total. The summed E-state index contributed by atoms with van der Waals surface area (Å²) in [6.07, 6.45) is 2.83. The summed E-state index contributed by atoms with van der Waals surface area (Å²) in [7, 11) is 8.51. The third kappa shape index (κ3) is 21.8. The van der Waals surface area contributed by atoms with Crippen LogP contribution in [-0.4, -0.2) is 101 Å². The zero-order chi connectivity index (χ0) is 20.1. The standard InChI is InChI=1S/C5H12N2.C5H11N.C4H9NO.3C2H6/c1-6-3-4-7(2)5-6;1-6-4-2-3-5-6;1-5-2-3-6-4-5;3*1-2/h3-5H2,1-2H3;2-5H2,1H3;2-4H2,1H3;3*1-2H3. The molecular formula is C20H50N4O. The predicted octanol–water partition coefficient (Wildman–Crippen LogP) is 3.52. The minimum Gasteiger partial charge on any atom is -0.365 e. The Hall–Kier alpha value is -0.200. The fraction of sp³-hybridized carbons (Fsp3) is 1.00. The van der Waals surface area contributed by atoms with Crippen molar-refractivity contribution in [3.05, 3.63) is 0 Å². The van der Waals surface area contributed by atoms with Crippen molar-refractivity contribution < 1.29 is 4.74 Å². The molecule has 5 nitrogen and oxygen atoms in total. The molecule has 0 aromatic heterocycles. The van der Waals surface area contributed by atoms with E-state index in [1.165, 1.54) is 39.0 Å². The summed E-state index contributed by atoms with van der Waals surface area (Å²) in [5.41, 5.74) is 0. The molecule has 5 heteroatoms. The van der Waals surface area contributed by atoms with E-state index >= 15 is 0 Å². The van der Waals surface area contributed by atoms with Gasteiger partial charge in [-0.2, -0.15) is 0 Å². The molecule has 156 valence electrons. The van der Waals surface area contributed by atoms with E-state index in [1.54, 1.807) is 0 Å². The van der Waals surface area contributed by atoms with Gasteiger partial charge >= 0.3 is 0 Å². The lowest BCUT2D eigenvalue weighted by molar-refractivity contribution is 0.154. The van der Waals surface area contributed by atoms with Gasteiger partial charge < -0.3 is 9.64 Å². The molecule has 0 spiro atoms. The molecule has 25 heavy (non-hydrogen) atoms. The number of nitrogens with zero attached hydrogens (tertiary/aromatic N) is 4. The molecule has 3 saturated heterocycles. The predicted molar refractivity (Wildman–Crippen MR) is 114 cm³/mol. The average Bonchev–Trinajstić information content (AvgIpc) is 3.40. The van der Waals surface area contributed by atoms with Gasteiger partial charge in [-0.25, -0.2) is 0 Å². The van der Waals surface area contributed by atoms with Crippen molar-refractivity contribution in [1.82, 2.24) is 19.6 Å². The van der Waals surface area contributed by atoms with Crippen molar-refractivity contribution in [3.8, 4) is 0 Å². The highest BCUT2D eigenvalue weighted by molar-refractivity contribution is 4.62. The van der Waals surface area contributed by atoms with Gasteiger partial charge in [0.1, 0.15) is 0 Å². The molecule has 0 bridgehead atoms. The van der Waals surface area contributed by atoms with E-state index in [1.807, 2.05) is 48.6 Å². The first kappa shape index (κ1) is 29.6. The minimum absolute atomic E-state index is 0.819. The molecule has 0 saturated carbocycles. The van der Waals surface area contributed by atoms with Crippen LogP contribution in [-0.2, 0) is 4.74 Å². The number of rotatable bonds is 0. The van der Waals surface area contributed by atoms with Crippen LogP contribution in [0.5, 0.6) is 0 Å². The van der Waals surface area contributed by atoms with Crippen LogP contribution in [0.4, 0.5) is 0 Å². The highest BCUT2D eigenvalue weighted by Gasteiger charge is 2.10. The Labute approximate surface area is 160 Å². The first-order chi connectivity index (χ1) is 12.1. The van der Waals surface area contributed by atoms with Gasteiger partial charge in [0.25, 0.3) is 0 Å². The Morgan fingerprint density at radius 3 is 1.08 bits per heavy atom. The second kappa shape index (κ2) is 23.8. The zero-order valence-corrected chi connectivity index (χ0v) is 19.3. The number of hydrogen-bond acceptors (Lipinski definition) is 5. The Morgan fingerprint density at radius 1 is 0.520 bits per heavy atom. The molecule has 0 aliphatic carbocycles. The van der Waals surface area contributed by atoms with Gasteiger partial charge in [0.15, 0.2) is 0 Å². The van der Waals surface area contributed by atoms with E-state index in [0.29, 0.717) is 0 Å². The number of likely N-dealkylation sites (N-methyl/N-ethyl adjacent to an activating group) is 3. The highest BCUT2D eigenvalue weighted by atomic mass is 16.5. The molecule has 0 aromatic carbocycles. The summed E-state index contributed by atoms with van der Waals surface area (Å²) in [5, 5.41) is 0. The van der Waals surface area contributed by atoms with E-state index in [-0.39, 0.29) is 0 Å². The molecule has 3 heterocycles. The van der Waals surface area contributed by atoms with E-state index in [0.717, 1.165) is 26.6 Å². The van der Waals surface area contributed by atoms with Gasteiger partial charge in [-0.15, -0.1) is 0 Å². The van der Waals surface area contributed by atoms with Crippen molar-refractivity contribution in [2.45, 2.75) is 54.4 Å². The maximum atomic E-state index is 4.98. The second-order valence-electron chi connectivity index (χ2n) is 5.93. The van der Waals surface area contributed by atoms with E-state index < -0.39 is 0 Å². The summed E-state index contributed by atoms with van der Waals surface area (Å²) in [5.74, 6) is 0. The zero-order valence-electron chi connectivity index (χ0n) is 19.3. The number of ether oxygens (including phenoxy) is 1. The topological polar surface area (TPSA) is 22.2 Å². The smallest absolute Gasteiger partial charge is 0.0989 e. The van der Waals surface area contributed by atoms with Crippen LogP contribution in [0.3, 0.4) is 0 Å². The molecule has 0 aromatic rings. The monoisotopic (exact) mass is 362 g/mol. The number of hydrogen-bond donors (Lipinski definition) is 0. The van der Waals surface area contributed by atoms with Crippen LogP contribution < -0.4 is 0 Å². The van der Waals surface area contributed by atoms with Gasteiger partial charge in [0, 0.05) is 19.6 Å². The van der Waals surface area contributed by atoms with Gasteiger partial charge in [-0.1, -0.05) is 41.5 Å². The SMILES string of the molecule is CC.CC.CC.CN1CCCC1.CN1CCN(C)C1.CN1CCOC1. The highest BCUT2D eigenvalue weighted by Crippen LogP contribution is 2.02. The van der Waals surface area contributed by atoms with Crippen molar-refractivity contribution in [3.63, 3.8) is 0 Å². The molecule has 3 aliphatic rings. The van der Waals surface area contributed by atoms with Crippen LogP contribution in [0.1, 0.15) is 54.4 Å². The first-order valence-electron chi connectivity index (χ1n) is 10.4. The summed E-state index contributed by atoms with van der Waals surface area (Å²) in [6.45, 7) is 21.1. The van der Waals surface area contributed by atoms with Crippen LogP contribution in [0.25, 0.3) is 0 Å². The largest absolute Gasteiger partial charge is 0.365 e. The Balaban J connectivity index is -0.000000253. The van der Waals surface area contributed by atoms with Crippen LogP contribution >= 0.6 is 0 Å². The Kier molecular flexibility index (Phi) is 28.1. The fourth-order valence-electron chi connectivity index (χ4n) is 2.28. The Bertz CT molecular complexity index is 196. The molecule has 0 radical (unpaired) electrons. The molecule has 0 unspecified atom stereocenters. The van der Waals surface area contributed by atoms with Crippen molar-refractivity contribution in [1.29, 1.82) is 0 Å². The molecule has 3 fully saturated rings. The first-order valence-corrected chi connectivity index (χ1v) is 10.4. The van der Waals surface area contributed by atoms with Gasteiger partial charge in [0.2, 0.25) is 0 Å². The van der Waals surface area contributed by atoms with Crippen LogP contribution in [0, 0.1) is 0 Å². The maximum Gasteiger partial charge on any atom is 0.0989 e. The normalized spacial score (nSPS) is 20.4. The van der Waals surface area contributed by atoms with Crippen molar-refractivity contribution >= 4 is 0 Å². The Morgan fingerprint density at radius 2 is 0.960 bits per heavy atom. The van der Waals surface area contributed by atoms with E-state index in [9.17, 15) is 0 Å². The summed E-state index contributed by atoms with van der Waals surface area (Å²) < 4.78 is 4.98. The second-order valence-corrected chi connectivity index (χ2v) is 5.93.